The Balaban J connectivity index is 2.30. The fraction of sp³-hybridized carbons (Fsp3) is 0.333. The van der Waals surface area contributed by atoms with Crippen molar-refractivity contribution in [2.45, 2.75) is 13.0 Å². The zero-order chi connectivity index (χ0) is 9.26. The summed E-state index contributed by atoms with van der Waals surface area (Å²) in [6.45, 7) is 2.28. The van der Waals surface area contributed by atoms with E-state index >= 15 is 0 Å². The predicted octanol–water partition coefficient (Wildman–Crippen LogP) is 2.22. The molecule has 0 aliphatic carbocycles. The van der Waals surface area contributed by atoms with Crippen molar-refractivity contribution in [1.82, 2.24) is 4.84 Å². The number of fused-ring (bicyclic) bond motifs is 1. The van der Waals surface area contributed by atoms with E-state index in [-0.39, 0.29) is 6.04 Å². The van der Waals surface area contributed by atoms with Crippen LogP contribution in [0.1, 0.15) is 18.5 Å². The lowest BCUT2D eigenvalue weighted by Gasteiger charge is -2.08. The molecule has 0 saturated carbocycles. The highest BCUT2D eigenvalue weighted by Crippen LogP contribution is 2.34. The highest BCUT2D eigenvalue weighted by molar-refractivity contribution is 6.13. The third-order valence-corrected chi connectivity index (χ3v) is 2.39. The minimum absolute atomic E-state index is 0.108. The second kappa shape index (κ2) is 3.44. The van der Waals surface area contributed by atoms with Crippen LogP contribution < -0.4 is 14.3 Å². The van der Waals surface area contributed by atoms with Crippen LogP contribution in [0.5, 0.6) is 11.5 Å². The fourth-order valence-electron chi connectivity index (χ4n) is 1.25. The Morgan fingerprint density at radius 1 is 1.38 bits per heavy atom. The maximum atomic E-state index is 5.52. The summed E-state index contributed by atoms with van der Waals surface area (Å²) in [5, 5.41) is 0. The van der Waals surface area contributed by atoms with Crippen molar-refractivity contribution in [1.29, 1.82) is 0 Å². The van der Waals surface area contributed by atoms with Gasteiger partial charge in [0.15, 0.2) is 11.5 Å². The standard InChI is InChI=1S/C9H10ClNO2/c1-6(11-10)7-2-3-8-9(4-7)13-5-12-8/h2-4,6,11H,5H2,1H3. The molecule has 3 nitrogen and oxygen atoms in total. The lowest BCUT2D eigenvalue weighted by atomic mass is 10.1. The number of hydrogen-bond donors (Lipinski definition) is 1. The first kappa shape index (κ1) is 8.66. The van der Waals surface area contributed by atoms with Crippen molar-refractivity contribution in [2.75, 3.05) is 6.79 Å². The van der Waals surface area contributed by atoms with E-state index < -0.39 is 0 Å². The molecule has 1 aromatic carbocycles. The van der Waals surface area contributed by atoms with Crippen LogP contribution in [0.2, 0.25) is 0 Å². The molecule has 0 saturated heterocycles. The number of benzene rings is 1. The number of halogens is 1. The van der Waals surface area contributed by atoms with Crippen LogP contribution >= 0.6 is 11.8 Å². The van der Waals surface area contributed by atoms with Crippen molar-refractivity contribution < 1.29 is 9.47 Å². The minimum atomic E-state index is 0.108. The molecule has 1 atom stereocenters. The molecule has 13 heavy (non-hydrogen) atoms. The smallest absolute Gasteiger partial charge is 0.231 e. The van der Waals surface area contributed by atoms with Gasteiger partial charge in [-0.1, -0.05) is 6.07 Å². The lowest BCUT2D eigenvalue weighted by Crippen LogP contribution is -2.05. The van der Waals surface area contributed by atoms with Crippen molar-refractivity contribution in [3.63, 3.8) is 0 Å². The average Bonchev–Trinajstić information content (AvgIpc) is 2.63. The van der Waals surface area contributed by atoms with Crippen LogP contribution in [0.3, 0.4) is 0 Å². The highest BCUT2D eigenvalue weighted by Gasteiger charge is 2.14. The average molecular weight is 200 g/mol. The summed E-state index contributed by atoms with van der Waals surface area (Å²) in [5.74, 6) is 1.58. The lowest BCUT2D eigenvalue weighted by molar-refractivity contribution is 0.174. The van der Waals surface area contributed by atoms with E-state index in [4.69, 9.17) is 21.3 Å². The van der Waals surface area contributed by atoms with Gasteiger partial charge in [0, 0.05) is 6.04 Å². The summed E-state index contributed by atoms with van der Waals surface area (Å²) in [7, 11) is 0. The Morgan fingerprint density at radius 2 is 2.15 bits per heavy atom. The fourth-order valence-corrected chi connectivity index (χ4v) is 1.37. The van der Waals surface area contributed by atoms with Gasteiger partial charge in [0.05, 0.1) is 0 Å². The summed E-state index contributed by atoms with van der Waals surface area (Å²) < 4.78 is 10.4. The molecule has 0 fully saturated rings. The molecular formula is C9H10ClNO2. The highest BCUT2D eigenvalue weighted by atomic mass is 35.5. The molecule has 0 amide bonds. The molecule has 1 aliphatic heterocycles. The van der Waals surface area contributed by atoms with Crippen LogP contribution in [-0.4, -0.2) is 6.79 Å². The van der Waals surface area contributed by atoms with Gasteiger partial charge in [-0.3, -0.25) is 0 Å². The van der Waals surface area contributed by atoms with Gasteiger partial charge in [0.25, 0.3) is 0 Å². The molecule has 0 radical (unpaired) electrons. The van der Waals surface area contributed by atoms with Crippen LogP contribution in [0.15, 0.2) is 18.2 Å². The molecule has 70 valence electrons. The van der Waals surface area contributed by atoms with Gasteiger partial charge in [0.1, 0.15) is 0 Å². The van der Waals surface area contributed by atoms with Crippen molar-refractivity contribution in [3.05, 3.63) is 23.8 Å². The third kappa shape index (κ3) is 1.57. The van der Waals surface area contributed by atoms with Gasteiger partial charge < -0.3 is 9.47 Å². The van der Waals surface area contributed by atoms with Crippen LogP contribution in [-0.2, 0) is 0 Å². The van der Waals surface area contributed by atoms with Crippen molar-refractivity contribution in [3.8, 4) is 11.5 Å². The Morgan fingerprint density at radius 3 is 2.92 bits per heavy atom. The van der Waals surface area contributed by atoms with Gasteiger partial charge in [-0.2, -0.15) is 0 Å². The Bertz CT molecular complexity index is 316. The van der Waals surface area contributed by atoms with Gasteiger partial charge >= 0.3 is 0 Å². The van der Waals surface area contributed by atoms with E-state index in [2.05, 4.69) is 4.84 Å². The SMILES string of the molecule is CC(NCl)c1ccc2c(c1)OCO2. The van der Waals surface area contributed by atoms with Gasteiger partial charge in [-0.25, -0.2) is 4.84 Å². The summed E-state index contributed by atoms with van der Waals surface area (Å²) >= 11 is 5.52. The minimum Gasteiger partial charge on any atom is -0.454 e. The molecule has 0 aromatic heterocycles. The number of nitrogens with one attached hydrogen (secondary N) is 1. The molecule has 1 unspecified atom stereocenters. The van der Waals surface area contributed by atoms with E-state index in [1.807, 2.05) is 25.1 Å². The van der Waals surface area contributed by atoms with E-state index in [0.29, 0.717) is 6.79 Å². The first-order valence-electron chi connectivity index (χ1n) is 4.07. The maximum Gasteiger partial charge on any atom is 0.231 e. The predicted molar refractivity (Wildman–Crippen MR) is 50.0 cm³/mol. The molecule has 1 N–H and O–H groups in total. The molecule has 1 aromatic rings. The molecule has 1 aliphatic rings. The van der Waals surface area contributed by atoms with E-state index in [1.165, 1.54) is 0 Å². The monoisotopic (exact) mass is 199 g/mol. The molecule has 0 spiro atoms. The van der Waals surface area contributed by atoms with Gasteiger partial charge in [0.2, 0.25) is 6.79 Å². The van der Waals surface area contributed by atoms with Crippen LogP contribution in [0.25, 0.3) is 0 Å². The third-order valence-electron chi connectivity index (χ3n) is 2.06. The molecular weight excluding hydrogens is 190 g/mol. The van der Waals surface area contributed by atoms with Crippen LogP contribution in [0, 0.1) is 0 Å². The zero-order valence-electron chi connectivity index (χ0n) is 7.21. The molecule has 2 rings (SSSR count). The summed E-state index contributed by atoms with van der Waals surface area (Å²) in [5.41, 5.74) is 1.08. The normalized spacial score (nSPS) is 15.8. The largest absolute Gasteiger partial charge is 0.454 e. The van der Waals surface area contributed by atoms with Crippen molar-refractivity contribution >= 4 is 11.8 Å². The first-order valence-corrected chi connectivity index (χ1v) is 4.45. The van der Waals surface area contributed by atoms with Crippen LogP contribution in [0.4, 0.5) is 0 Å². The van der Waals surface area contributed by atoms with Gasteiger partial charge in [-0.15, -0.1) is 0 Å². The zero-order valence-corrected chi connectivity index (χ0v) is 7.97. The Labute approximate surface area is 81.7 Å². The Hall–Kier alpha value is -0.930. The summed E-state index contributed by atoms with van der Waals surface area (Å²) in [6.07, 6.45) is 0. The first-order chi connectivity index (χ1) is 6.31. The van der Waals surface area contributed by atoms with Crippen molar-refractivity contribution in [2.24, 2.45) is 0 Å². The summed E-state index contributed by atoms with van der Waals surface area (Å²) in [4.78, 5) is 2.65. The van der Waals surface area contributed by atoms with E-state index in [1.54, 1.807) is 0 Å². The van der Waals surface area contributed by atoms with E-state index in [0.717, 1.165) is 17.1 Å². The quantitative estimate of drug-likeness (QED) is 0.741. The van der Waals surface area contributed by atoms with E-state index in [9.17, 15) is 0 Å². The summed E-state index contributed by atoms with van der Waals surface area (Å²) in [6, 6.07) is 5.90. The topological polar surface area (TPSA) is 30.5 Å². The second-order valence-corrected chi connectivity index (χ2v) is 3.16. The second-order valence-electron chi connectivity index (χ2n) is 2.94. The maximum absolute atomic E-state index is 5.52. The van der Waals surface area contributed by atoms with Gasteiger partial charge in [-0.05, 0) is 36.4 Å². The number of rotatable bonds is 2. The molecule has 1 heterocycles. The molecule has 0 bridgehead atoms. The Kier molecular flexibility index (Phi) is 2.29. The molecule has 4 heteroatoms. The number of hydrogen-bond acceptors (Lipinski definition) is 3. The number of ether oxygens (including phenoxy) is 2.